The molecular weight excluding hydrogens is 346 g/mol. The van der Waals surface area contributed by atoms with Gasteiger partial charge in [0.25, 0.3) is 5.89 Å². The van der Waals surface area contributed by atoms with Crippen LogP contribution in [0.3, 0.4) is 0 Å². The van der Waals surface area contributed by atoms with E-state index < -0.39 is 0 Å². The predicted molar refractivity (Wildman–Crippen MR) is 95.3 cm³/mol. The molecule has 0 aliphatic heterocycles. The molecule has 1 N–H and O–H groups in total. The topological polar surface area (TPSA) is 68.0 Å². The summed E-state index contributed by atoms with van der Waals surface area (Å²) >= 11 is 7.52. The van der Waals surface area contributed by atoms with Crippen molar-refractivity contribution in [3.63, 3.8) is 0 Å². The summed E-state index contributed by atoms with van der Waals surface area (Å²) in [6, 6.07) is 15.2. The van der Waals surface area contributed by atoms with Gasteiger partial charge in [-0.05, 0) is 31.2 Å². The molecule has 7 heteroatoms. The number of nitrogens with one attached hydrogen (secondary N) is 1. The van der Waals surface area contributed by atoms with Gasteiger partial charge in [0, 0.05) is 4.90 Å². The van der Waals surface area contributed by atoms with Gasteiger partial charge in [-0.1, -0.05) is 46.5 Å². The van der Waals surface area contributed by atoms with Crippen LogP contribution < -0.4 is 5.32 Å². The first-order valence-corrected chi connectivity index (χ1v) is 8.56. The Hall–Kier alpha value is -2.31. The third-order valence-electron chi connectivity index (χ3n) is 3.17. The first-order valence-electron chi connectivity index (χ1n) is 7.19. The lowest BCUT2D eigenvalue weighted by molar-refractivity contribution is -0.113. The molecule has 0 fully saturated rings. The van der Waals surface area contributed by atoms with Crippen molar-refractivity contribution in [3.8, 4) is 11.5 Å². The first kappa shape index (κ1) is 16.5. The molecule has 24 heavy (non-hydrogen) atoms. The summed E-state index contributed by atoms with van der Waals surface area (Å²) in [6.45, 7) is 2.02. The van der Waals surface area contributed by atoms with Crippen molar-refractivity contribution in [1.29, 1.82) is 0 Å². The number of thioether (sulfide) groups is 1. The number of aryl methyl sites for hydroxylation is 1. The maximum absolute atomic E-state index is 12.0. The summed E-state index contributed by atoms with van der Waals surface area (Å²) < 4.78 is 5.44. The first-order chi connectivity index (χ1) is 11.6. The van der Waals surface area contributed by atoms with Crippen molar-refractivity contribution in [3.05, 3.63) is 59.1 Å². The highest BCUT2D eigenvalue weighted by Gasteiger charge is 2.13. The van der Waals surface area contributed by atoms with Gasteiger partial charge in [0.05, 0.1) is 16.3 Å². The van der Waals surface area contributed by atoms with Gasteiger partial charge in [0.15, 0.2) is 0 Å². The monoisotopic (exact) mass is 359 g/mol. The van der Waals surface area contributed by atoms with Crippen LogP contribution in [-0.4, -0.2) is 21.9 Å². The van der Waals surface area contributed by atoms with Crippen LogP contribution in [-0.2, 0) is 4.79 Å². The number of rotatable bonds is 5. The van der Waals surface area contributed by atoms with Gasteiger partial charge in [0.2, 0.25) is 5.91 Å². The number of halogens is 1. The van der Waals surface area contributed by atoms with Crippen LogP contribution in [0.25, 0.3) is 11.5 Å². The van der Waals surface area contributed by atoms with Gasteiger partial charge in [-0.25, -0.2) is 0 Å². The smallest absolute Gasteiger partial charge is 0.322 e. The zero-order chi connectivity index (χ0) is 16.9. The lowest BCUT2D eigenvalue weighted by Gasteiger charge is -2.02. The summed E-state index contributed by atoms with van der Waals surface area (Å²) in [4.78, 5) is 13.0. The van der Waals surface area contributed by atoms with E-state index in [2.05, 4.69) is 15.5 Å². The van der Waals surface area contributed by atoms with Gasteiger partial charge >= 0.3 is 6.01 Å². The predicted octanol–water partition coefficient (Wildman–Crippen LogP) is 4.43. The lowest BCUT2D eigenvalue weighted by atomic mass is 10.2. The third kappa shape index (κ3) is 4.15. The minimum absolute atomic E-state index is 0.0550. The van der Waals surface area contributed by atoms with E-state index in [4.69, 9.17) is 16.0 Å². The Morgan fingerprint density at radius 3 is 2.67 bits per heavy atom. The Kier molecular flexibility index (Phi) is 5.17. The lowest BCUT2D eigenvalue weighted by Crippen LogP contribution is -2.14. The number of hydrogen-bond acceptors (Lipinski definition) is 5. The van der Waals surface area contributed by atoms with Crippen LogP contribution in [0.15, 0.2) is 57.8 Å². The van der Waals surface area contributed by atoms with E-state index in [0.29, 0.717) is 10.6 Å². The number of carbonyl (C=O) groups excluding carboxylic acids is 1. The quantitative estimate of drug-likeness (QED) is 0.682. The molecule has 0 unspecified atom stereocenters. The second-order valence-corrected chi connectivity index (χ2v) is 6.50. The fraction of sp³-hybridized carbons (Fsp3) is 0.118. The number of nitrogens with zero attached hydrogens (tertiary/aromatic N) is 2. The highest BCUT2D eigenvalue weighted by Crippen LogP contribution is 2.27. The zero-order valence-corrected chi connectivity index (χ0v) is 14.4. The molecule has 2 aromatic carbocycles. The molecule has 0 atom stereocenters. The summed E-state index contributed by atoms with van der Waals surface area (Å²) in [7, 11) is 0. The van der Waals surface area contributed by atoms with Crippen molar-refractivity contribution in [1.82, 2.24) is 10.2 Å². The molecule has 5 nitrogen and oxygen atoms in total. The number of benzene rings is 2. The zero-order valence-electron chi connectivity index (χ0n) is 12.8. The van der Waals surface area contributed by atoms with Gasteiger partial charge in [-0.3, -0.25) is 10.1 Å². The molecule has 3 aromatic rings. The van der Waals surface area contributed by atoms with E-state index in [1.54, 1.807) is 12.1 Å². The Morgan fingerprint density at radius 2 is 1.92 bits per heavy atom. The van der Waals surface area contributed by atoms with Gasteiger partial charge in [-0.15, -0.1) is 16.9 Å². The average molecular weight is 360 g/mol. The normalized spacial score (nSPS) is 10.6. The Bertz CT molecular complexity index is 849. The van der Waals surface area contributed by atoms with Crippen molar-refractivity contribution < 1.29 is 9.21 Å². The van der Waals surface area contributed by atoms with Crippen LogP contribution in [0.4, 0.5) is 6.01 Å². The molecule has 0 aliphatic rings. The number of aromatic nitrogens is 2. The number of hydrogen-bond donors (Lipinski definition) is 1. The molecule has 1 amide bonds. The summed E-state index contributed by atoms with van der Waals surface area (Å²) in [5.74, 6) is 0.310. The van der Waals surface area contributed by atoms with E-state index in [1.807, 2.05) is 43.3 Å². The Balaban J connectivity index is 1.59. The van der Waals surface area contributed by atoms with E-state index in [9.17, 15) is 4.79 Å². The van der Waals surface area contributed by atoms with E-state index in [1.165, 1.54) is 17.3 Å². The van der Waals surface area contributed by atoms with Crippen LogP contribution in [0.5, 0.6) is 0 Å². The molecule has 0 bridgehead atoms. The second-order valence-electron chi connectivity index (χ2n) is 5.04. The molecule has 3 rings (SSSR count). The van der Waals surface area contributed by atoms with Gasteiger partial charge < -0.3 is 4.42 Å². The van der Waals surface area contributed by atoms with Crippen molar-refractivity contribution in [2.45, 2.75) is 11.8 Å². The SMILES string of the molecule is Cc1ccc(SCC(=O)Nc2nnc(-c3ccccc3Cl)o2)cc1. The maximum Gasteiger partial charge on any atom is 0.322 e. The Labute approximate surface area is 148 Å². The molecule has 1 aromatic heterocycles. The van der Waals surface area contributed by atoms with E-state index in [-0.39, 0.29) is 23.6 Å². The average Bonchev–Trinajstić information content (AvgIpc) is 3.03. The summed E-state index contributed by atoms with van der Waals surface area (Å²) in [5, 5.41) is 10.8. The second kappa shape index (κ2) is 7.51. The van der Waals surface area contributed by atoms with Crippen molar-refractivity contribution in [2.24, 2.45) is 0 Å². The Morgan fingerprint density at radius 1 is 1.17 bits per heavy atom. The summed E-state index contributed by atoms with van der Waals surface area (Å²) in [6.07, 6.45) is 0. The number of carbonyl (C=O) groups is 1. The molecule has 0 aliphatic carbocycles. The number of amides is 1. The molecule has 1 heterocycles. The van der Waals surface area contributed by atoms with Crippen molar-refractivity contribution in [2.75, 3.05) is 11.1 Å². The minimum atomic E-state index is -0.213. The third-order valence-corrected chi connectivity index (χ3v) is 4.51. The molecule has 0 saturated heterocycles. The van der Waals surface area contributed by atoms with Gasteiger partial charge in [-0.2, -0.15) is 0 Å². The molecule has 0 saturated carbocycles. The molecular formula is C17H14ClN3O2S. The van der Waals surface area contributed by atoms with E-state index >= 15 is 0 Å². The fourth-order valence-electron chi connectivity index (χ4n) is 1.96. The minimum Gasteiger partial charge on any atom is -0.403 e. The largest absolute Gasteiger partial charge is 0.403 e. The molecule has 0 radical (unpaired) electrons. The highest BCUT2D eigenvalue weighted by molar-refractivity contribution is 8.00. The molecule has 122 valence electrons. The molecule has 0 spiro atoms. The van der Waals surface area contributed by atoms with Crippen molar-refractivity contribution >= 4 is 35.3 Å². The number of anilines is 1. The van der Waals surface area contributed by atoms with Crippen LogP contribution in [0, 0.1) is 6.92 Å². The van der Waals surface area contributed by atoms with E-state index in [0.717, 1.165) is 4.90 Å². The maximum atomic E-state index is 12.0. The standard InChI is InChI=1S/C17H14ClN3O2S/c1-11-6-8-12(9-7-11)24-10-15(22)19-17-21-20-16(23-17)13-4-2-3-5-14(13)18/h2-9H,10H2,1H3,(H,19,21,22). The van der Waals surface area contributed by atoms with Crippen LogP contribution >= 0.6 is 23.4 Å². The highest BCUT2D eigenvalue weighted by atomic mass is 35.5. The summed E-state index contributed by atoms with van der Waals surface area (Å²) in [5.41, 5.74) is 1.81. The fourth-order valence-corrected chi connectivity index (χ4v) is 2.87. The van der Waals surface area contributed by atoms with Crippen LogP contribution in [0.2, 0.25) is 5.02 Å². The van der Waals surface area contributed by atoms with Gasteiger partial charge in [0.1, 0.15) is 0 Å². The van der Waals surface area contributed by atoms with Crippen LogP contribution in [0.1, 0.15) is 5.56 Å².